The number of cyclic esters (lactones) is 1. The predicted octanol–water partition coefficient (Wildman–Crippen LogP) is 2.27. The Balaban J connectivity index is 1.78. The molecule has 3 fully saturated rings. The summed E-state index contributed by atoms with van der Waals surface area (Å²) in [6, 6.07) is 0. The van der Waals surface area contributed by atoms with Crippen molar-refractivity contribution in [1.82, 2.24) is 0 Å². The van der Waals surface area contributed by atoms with Gasteiger partial charge in [-0.25, -0.2) is 9.59 Å². The molecule has 288 valence electrons. The molecular weight excluding hydrogens is 668 g/mol. The molecule has 4 rings (SSSR count). The van der Waals surface area contributed by atoms with Crippen molar-refractivity contribution in [3.8, 4) is 0 Å². The Kier molecular flexibility index (Phi) is 13.0. The normalized spacial score (nSPS) is 40.4. The highest BCUT2D eigenvalue weighted by atomic mass is 16.6. The van der Waals surface area contributed by atoms with E-state index in [1.165, 1.54) is 33.3 Å². The van der Waals surface area contributed by atoms with Gasteiger partial charge in [0.2, 0.25) is 0 Å². The van der Waals surface area contributed by atoms with Crippen LogP contribution in [0, 0.1) is 10.8 Å². The van der Waals surface area contributed by atoms with Crippen LogP contribution < -0.4 is 0 Å². The van der Waals surface area contributed by atoms with Crippen LogP contribution in [0.5, 0.6) is 0 Å². The Morgan fingerprint density at radius 2 is 1.47 bits per heavy atom. The molecule has 0 aromatic rings. The molecule has 14 heteroatoms. The molecule has 10 atom stereocenters. The van der Waals surface area contributed by atoms with E-state index in [-0.39, 0.29) is 44.9 Å². The number of carbonyl (C=O) groups excluding carboxylic acids is 3. The maximum absolute atomic E-state index is 13.1. The van der Waals surface area contributed by atoms with Crippen LogP contribution in [0.1, 0.15) is 92.4 Å². The van der Waals surface area contributed by atoms with Crippen molar-refractivity contribution in [3.05, 3.63) is 35.5 Å². The first-order chi connectivity index (χ1) is 23.7. The standard InChI is InChI=1S/C37H56O14/c1-21(38)29-17-26-12-23(14-32(42)47-7)19-36(44,50-26)34(2,3)9-8-25-10-22(13-31(41)46-6)11-28(48-25)20-37(45)35(4,5)30(40)18-27(51-37)15-24(39)16-33(43)49-29/h8-9,13-14,21,24-30,38-40,44-45H,10-12,15-20H2,1-7H3/b9-8+,22-13+,23-14+/t21-,24-,25+,26+,27-,28+,29-,30+,36-,37+/m1/s1. The number of aliphatic hydroxyl groups excluding tert-OH is 3. The SMILES string of the molecule is COC(=O)/C=C1/C[C@H]2C[C@]3(O)O[C@H](C[C@@H](O)CC(=O)O[C@@H]([C@@H](C)O)C[C@@H]4C/C(=C\C(=O)OC)C[C@@](O)(O4)C(C)(C)/C=C/[C@@H](C1)O2)C[C@H](O)C3(C)C. The van der Waals surface area contributed by atoms with Gasteiger partial charge < -0.3 is 54.0 Å². The highest BCUT2D eigenvalue weighted by Gasteiger charge is 2.56. The minimum absolute atomic E-state index is 0.0464. The Hall–Kier alpha value is -2.69. The highest BCUT2D eigenvalue weighted by molar-refractivity contribution is 5.83. The molecule has 0 unspecified atom stereocenters. The summed E-state index contributed by atoms with van der Waals surface area (Å²) in [6.45, 7) is 8.28. The summed E-state index contributed by atoms with van der Waals surface area (Å²) in [5.41, 5.74) is -1.09. The largest absolute Gasteiger partial charge is 0.466 e. The van der Waals surface area contributed by atoms with E-state index in [4.69, 9.17) is 28.4 Å². The first kappa shape index (κ1) is 41.1. The van der Waals surface area contributed by atoms with Gasteiger partial charge in [0.15, 0.2) is 11.6 Å². The maximum atomic E-state index is 13.1. The number of hydrogen-bond acceptors (Lipinski definition) is 14. The fraction of sp³-hybridized carbons (Fsp3) is 0.757. The molecule has 0 radical (unpaired) electrons. The van der Waals surface area contributed by atoms with Crippen molar-refractivity contribution in [2.24, 2.45) is 10.8 Å². The second kappa shape index (κ2) is 16.1. The summed E-state index contributed by atoms with van der Waals surface area (Å²) >= 11 is 0. The van der Waals surface area contributed by atoms with Crippen LogP contribution in [0.25, 0.3) is 0 Å². The summed E-state index contributed by atoms with van der Waals surface area (Å²) in [4.78, 5) is 37.7. The Morgan fingerprint density at radius 3 is 2.10 bits per heavy atom. The van der Waals surface area contributed by atoms with Crippen molar-refractivity contribution in [3.63, 3.8) is 0 Å². The highest BCUT2D eigenvalue weighted by Crippen LogP contribution is 2.49. The number of rotatable bonds is 3. The molecule has 5 N–H and O–H groups in total. The van der Waals surface area contributed by atoms with Gasteiger partial charge in [-0.15, -0.1) is 0 Å². The lowest BCUT2D eigenvalue weighted by Crippen LogP contribution is -2.61. The quantitative estimate of drug-likeness (QED) is 0.123. The van der Waals surface area contributed by atoms with E-state index in [0.717, 1.165) is 0 Å². The summed E-state index contributed by atoms with van der Waals surface area (Å²) in [5.74, 6) is -5.81. The van der Waals surface area contributed by atoms with E-state index in [2.05, 4.69) is 0 Å². The van der Waals surface area contributed by atoms with Crippen molar-refractivity contribution in [1.29, 1.82) is 0 Å². The van der Waals surface area contributed by atoms with Crippen LogP contribution in [-0.4, -0.2) is 118 Å². The van der Waals surface area contributed by atoms with E-state index in [9.17, 15) is 39.9 Å². The van der Waals surface area contributed by atoms with Crippen molar-refractivity contribution in [2.45, 2.75) is 153 Å². The molecule has 0 aliphatic carbocycles. The van der Waals surface area contributed by atoms with Crippen molar-refractivity contribution in [2.75, 3.05) is 14.2 Å². The lowest BCUT2D eigenvalue weighted by atomic mass is 9.70. The Morgan fingerprint density at radius 1 is 0.863 bits per heavy atom. The molecule has 0 amide bonds. The van der Waals surface area contributed by atoms with Crippen LogP contribution in [0.2, 0.25) is 0 Å². The van der Waals surface area contributed by atoms with E-state index in [1.54, 1.807) is 39.8 Å². The van der Waals surface area contributed by atoms with Gasteiger partial charge in [-0.2, -0.15) is 0 Å². The molecule has 6 bridgehead atoms. The monoisotopic (exact) mass is 724 g/mol. The second-order valence-electron chi connectivity index (χ2n) is 15.6. The average Bonchev–Trinajstić information content (AvgIpc) is 3.01. The summed E-state index contributed by atoms with van der Waals surface area (Å²) in [7, 11) is 2.52. The minimum atomic E-state index is -1.94. The molecule has 4 aliphatic rings. The number of esters is 3. The first-order valence-electron chi connectivity index (χ1n) is 17.6. The number of carbonyl (C=O) groups is 3. The van der Waals surface area contributed by atoms with Gasteiger partial charge in [0.25, 0.3) is 0 Å². The topological polar surface area (TPSA) is 208 Å². The van der Waals surface area contributed by atoms with Gasteiger partial charge in [-0.05, 0) is 26.2 Å². The van der Waals surface area contributed by atoms with Crippen LogP contribution in [-0.2, 0) is 42.8 Å². The minimum Gasteiger partial charge on any atom is -0.466 e. The third kappa shape index (κ3) is 9.85. The Bertz CT molecular complexity index is 1370. The molecular formula is C37H56O14. The fourth-order valence-corrected chi connectivity index (χ4v) is 7.35. The molecule has 0 saturated carbocycles. The van der Waals surface area contributed by atoms with Gasteiger partial charge >= 0.3 is 17.9 Å². The smallest absolute Gasteiger partial charge is 0.330 e. The van der Waals surface area contributed by atoms with Crippen molar-refractivity contribution >= 4 is 17.9 Å². The summed E-state index contributed by atoms with van der Waals surface area (Å²) in [5, 5.41) is 56.9. The lowest BCUT2D eigenvalue weighted by molar-refractivity contribution is -0.348. The van der Waals surface area contributed by atoms with E-state index in [1.807, 2.05) is 0 Å². The molecule has 0 aromatic heterocycles. The maximum Gasteiger partial charge on any atom is 0.330 e. The zero-order valence-corrected chi connectivity index (χ0v) is 30.7. The van der Waals surface area contributed by atoms with Gasteiger partial charge in [0.05, 0.1) is 63.4 Å². The molecule has 0 spiro atoms. The van der Waals surface area contributed by atoms with Gasteiger partial charge in [0.1, 0.15) is 6.10 Å². The number of methoxy groups -OCH3 is 2. The summed E-state index contributed by atoms with van der Waals surface area (Å²) in [6.07, 6.45) is -1.35. The molecule has 3 saturated heterocycles. The summed E-state index contributed by atoms with van der Waals surface area (Å²) < 4.78 is 34.3. The first-order valence-corrected chi connectivity index (χ1v) is 17.6. The molecule has 14 nitrogen and oxygen atoms in total. The Labute approximate surface area is 299 Å². The van der Waals surface area contributed by atoms with Crippen LogP contribution >= 0.6 is 0 Å². The van der Waals surface area contributed by atoms with E-state index >= 15 is 0 Å². The van der Waals surface area contributed by atoms with Gasteiger partial charge in [-0.1, -0.05) is 51.0 Å². The third-order valence-corrected chi connectivity index (χ3v) is 10.9. The van der Waals surface area contributed by atoms with Crippen LogP contribution in [0.4, 0.5) is 0 Å². The van der Waals surface area contributed by atoms with Crippen LogP contribution in [0.3, 0.4) is 0 Å². The lowest BCUT2D eigenvalue weighted by Gasteiger charge is -2.53. The molecule has 4 aliphatic heterocycles. The number of aliphatic hydroxyl groups is 5. The van der Waals surface area contributed by atoms with Crippen LogP contribution in [0.15, 0.2) is 35.5 Å². The third-order valence-electron chi connectivity index (χ3n) is 10.9. The van der Waals surface area contributed by atoms with Gasteiger partial charge in [-0.3, -0.25) is 4.79 Å². The second-order valence-corrected chi connectivity index (χ2v) is 15.6. The average molecular weight is 725 g/mol. The molecule has 51 heavy (non-hydrogen) atoms. The number of fused-ring (bicyclic) bond motifs is 6. The number of ether oxygens (including phenoxy) is 6. The fourth-order valence-electron chi connectivity index (χ4n) is 7.35. The molecule has 0 aromatic carbocycles. The van der Waals surface area contributed by atoms with E-state index in [0.29, 0.717) is 17.6 Å². The zero-order chi connectivity index (χ0) is 37.9. The zero-order valence-electron chi connectivity index (χ0n) is 30.7. The number of hydrogen-bond donors (Lipinski definition) is 5. The predicted molar refractivity (Wildman–Crippen MR) is 180 cm³/mol. The molecule has 4 heterocycles. The van der Waals surface area contributed by atoms with E-state index < -0.39 is 95.6 Å². The van der Waals surface area contributed by atoms with Gasteiger partial charge in [0, 0.05) is 55.1 Å². The van der Waals surface area contributed by atoms with Crippen molar-refractivity contribution < 1.29 is 68.3 Å².